The Hall–Kier alpha value is -3.56. The van der Waals surface area contributed by atoms with Crippen molar-refractivity contribution >= 4 is 28.4 Å². The van der Waals surface area contributed by atoms with Gasteiger partial charge in [0.25, 0.3) is 5.56 Å². The number of carbonyl (C=O) groups is 2. The van der Waals surface area contributed by atoms with E-state index in [1.54, 1.807) is 48.2 Å². The SMILES string of the molecule is CC(C)[C@@H]1NC(=O)[C@H](C[C@]2(O)c3ccccc3N3C(=O)[C@@H](C)N[C@H]32)n2c1nc1ccccc1c2=O. The van der Waals surface area contributed by atoms with Gasteiger partial charge in [0.1, 0.15) is 23.6 Å². The lowest BCUT2D eigenvalue weighted by molar-refractivity contribution is -0.130. The largest absolute Gasteiger partial charge is 0.381 e. The van der Waals surface area contributed by atoms with Crippen molar-refractivity contribution in [1.29, 1.82) is 0 Å². The van der Waals surface area contributed by atoms with E-state index < -0.39 is 29.9 Å². The van der Waals surface area contributed by atoms with Crippen LogP contribution in [0.3, 0.4) is 0 Å². The third-order valence-electron chi connectivity index (χ3n) is 7.55. The molecule has 1 fully saturated rings. The third-order valence-corrected chi connectivity index (χ3v) is 7.55. The number of amides is 2. The summed E-state index contributed by atoms with van der Waals surface area (Å²) in [5.41, 5.74) is -0.169. The number of nitrogens with zero attached hydrogens (tertiary/aromatic N) is 3. The van der Waals surface area contributed by atoms with Crippen LogP contribution < -0.4 is 21.1 Å². The van der Waals surface area contributed by atoms with Crippen molar-refractivity contribution in [3.05, 3.63) is 70.3 Å². The quantitative estimate of drug-likeness (QED) is 0.533. The van der Waals surface area contributed by atoms with E-state index in [4.69, 9.17) is 4.98 Å². The van der Waals surface area contributed by atoms with Gasteiger partial charge >= 0.3 is 0 Å². The lowest BCUT2D eigenvalue weighted by atomic mass is 9.85. The maximum Gasteiger partial charge on any atom is 0.262 e. The van der Waals surface area contributed by atoms with Crippen LogP contribution in [0.15, 0.2) is 53.3 Å². The van der Waals surface area contributed by atoms with Crippen molar-refractivity contribution in [3.63, 3.8) is 0 Å². The smallest absolute Gasteiger partial charge is 0.262 e. The van der Waals surface area contributed by atoms with E-state index in [9.17, 15) is 19.5 Å². The molecule has 3 aromatic rings. The monoisotopic (exact) mass is 473 g/mol. The first kappa shape index (κ1) is 21.9. The average Bonchev–Trinajstić information content (AvgIpc) is 3.27. The number of carbonyl (C=O) groups excluding carboxylic acids is 2. The molecule has 2 aromatic carbocycles. The Balaban J connectivity index is 1.53. The highest BCUT2D eigenvalue weighted by atomic mass is 16.3. The number of rotatable bonds is 3. The summed E-state index contributed by atoms with van der Waals surface area (Å²) < 4.78 is 1.45. The van der Waals surface area contributed by atoms with Gasteiger partial charge in [-0.3, -0.25) is 29.2 Å². The van der Waals surface area contributed by atoms with E-state index in [1.165, 1.54) is 4.57 Å². The van der Waals surface area contributed by atoms with Crippen molar-refractivity contribution in [2.75, 3.05) is 4.90 Å². The van der Waals surface area contributed by atoms with Crippen LogP contribution in [0.1, 0.15) is 50.7 Å². The predicted octanol–water partition coefficient (Wildman–Crippen LogP) is 1.71. The van der Waals surface area contributed by atoms with E-state index in [0.717, 1.165) is 0 Å². The highest BCUT2D eigenvalue weighted by Gasteiger charge is 2.58. The van der Waals surface area contributed by atoms with Gasteiger partial charge in [-0.25, -0.2) is 4.98 Å². The maximum absolute atomic E-state index is 13.7. The van der Waals surface area contributed by atoms with Gasteiger partial charge < -0.3 is 10.4 Å². The molecule has 3 aliphatic heterocycles. The van der Waals surface area contributed by atoms with Crippen molar-refractivity contribution in [1.82, 2.24) is 20.2 Å². The van der Waals surface area contributed by atoms with Crippen molar-refractivity contribution < 1.29 is 14.7 Å². The Labute approximate surface area is 201 Å². The molecule has 180 valence electrons. The summed E-state index contributed by atoms with van der Waals surface area (Å²) in [5.74, 6) is -0.0162. The molecule has 3 N–H and O–H groups in total. The van der Waals surface area contributed by atoms with E-state index >= 15 is 0 Å². The van der Waals surface area contributed by atoms with Crippen LogP contribution in [0, 0.1) is 5.92 Å². The molecule has 1 aromatic heterocycles. The fourth-order valence-corrected chi connectivity index (χ4v) is 5.80. The van der Waals surface area contributed by atoms with Gasteiger partial charge in [-0.1, -0.05) is 44.2 Å². The van der Waals surface area contributed by atoms with Gasteiger partial charge in [0.15, 0.2) is 0 Å². The fraction of sp³-hybridized carbons (Fsp3) is 0.385. The number of aromatic nitrogens is 2. The summed E-state index contributed by atoms with van der Waals surface area (Å²) in [6, 6.07) is 12.3. The molecule has 6 rings (SSSR count). The van der Waals surface area contributed by atoms with Crippen LogP contribution in [-0.2, 0) is 15.2 Å². The molecule has 0 aliphatic carbocycles. The number of anilines is 1. The molecule has 35 heavy (non-hydrogen) atoms. The highest BCUT2D eigenvalue weighted by Crippen LogP contribution is 2.49. The Morgan fingerprint density at radius 3 is 2.57 bits per heavy atom. The van der Waals surface area contributed by atoms with Crippen molar-refractivity contribution in [3.8, 4) is 0 Å². The molecule has 0 bridgehead atoms. The molecule has 0 saturated carbocycles. The molecular formula is C26H27N5O4. The van der Waals surface area contributed by atoms with Crippen LogP contribution in [0.25, 0.3) is 10.9 Å². The van der Waals surface area contributed by atoms with Gasteiger partial charge in [0, 0.05) is 12.0 Å². The minimum absolute atomic E-state index is 0.0000307. The second-order valence-corrected chi connectivity index (χ2v) is 10.1. The Kier molecular flexibility index (Phi) is 4.68. The normalized spacial score (nSPS) is 29.3. The Bertz CT molecular complexity index is 1450. The molecule has 1 saturated heterocycles. The molecular weight excluding hydrogens is 446 g/mol. The molecule has 0 spiro atoms. The molecule has 9 nitrogen and oxygen atoms in total. The zero-order chi connectivity index (χ0) is 24.6. The lowest BCUT2D eigenvalue weighted by Gasteiger charge is -2.39. The van der Waals surface area contributed by atoms with E-state index in [0.29, 0.717) is 28.0 Å². The predicted molar refractivity (Wildman–Crippen MR) is 130 cm³/mol. The highest BCUT2D eigenvalue weighted by molar-refractivity contribution is 6.02. The summed E-state index contributed by atoms with van der Waals surface area (Å²) in [6.45, 7) is 5.68. The summed E-state index contributed by atoms with van der Waals surface area (Å²) >= 11 is 0. The van der Waals surface area contributed by atoms with Gasteiger partial charge in [-0.2, -0.15) is 0 Å². The summed E-state index contributed by atoms with van der Waals surface area (Å²) in [5, 5.41) is 18.8. The lowest BCUT2D eigenvalue weighted by Crippen LogP contribution is -2.54. The van der Waals surface area contributed by atoms with Crippen LogP contribution in [0.4, 0.5) is 5.69 Å². The number of aliphatic hydroxyl groups is 1. The number of hydrogen-bond donors (Lipinski definition) is 3. The fourth-order valence-electron chi connectivity index (χ4n) is 5.80. The first-order chi connectivity index (χ1) is 16.7. The van der Waals surface area contributed by atoms with Gasteiger partial charge in [-0.15, -0.1) is 0 Å². The van der Waals surface area contributed by atoms with Crippen LogP contribution in [0.2, 0.25) is 0 Å². The zero-order valence-corrected chi connectivity index (χ0v) is 19.7. The second kappa shape index (κ2) is 7.47. The number of benzene rings is 2. The second-order valence-electron chi connectivity index (χ2n) is 10.1. The number of fused-ring (bicyclic) bond motifs is 5. The van der Waals surface area contributed by atoms with Crippen LogP contribution >= 0.6 is 0 Å². The number of para-hydroxylation sites is 2. The molecule has 2 amide bonds. The molecule has 9 heteroatoms. The van der Waals surface area contributed by atoms with Gasteiger partial charge in [-0.05, 0) is 31.0 Å². The van der Waals surface area contributed by atoms with Crippen LogP contribution in [-0.4, -0.2) is 38.7 Å². The summed E-state index contributed by atoms with van der Waals surface area (Å²) in [4.78, 5) is 46.5. The summed E-state index contributed by atoms with van der Waals surface area (Å²) in [6.07, 6.45) is -0.840. The first-order valence-electron chi connectivity index (χ1n) is 11.9. The Morgan fingerprint density at radius 2 is 1.80 bits per heavy atom. The maximum atomic E-state index is 13.7. The Morgan fingerprint density at radius 1 is 1.09 bits per heavy atom. The van der Waals surface area contributed by atoms with Crippen molar-refractivity contribution in [2.24, 2.45) is 5.92 Å². The topological polar surface area (TPSA) is 117 Å². The minimum atomic E-state index is -1.59. The van der Waals surface area contributed by atoms with E-state index in [-0.39, 0.29) is 29.7 Å². The third kappa shape index (κ3) is 2.94. The van der Waals surface area contributed by atoms with E-state index in [2.05, 4.69) is 10.6 Å². The minimum Gasteiger partial charge on any atom is -0.381 e. The van der Waals surface area contributed by atoms with Gasteiger partial charge in [0.05, 0.1) is 28.7 Å². The number of hydrogen-bond acceptors (Lipinski definition) is 6. The molecule has 3 aliphatic rings. The molecule has 0 unspecified atom stereocenters. The molecule has 5 atom stereocenters. The standard InChI is InChI=1S/C26H27N5O4/c1-13(2)20-21-28-17-10-6-4-8-15(17)24(34)30(21)19(22(32)29-20)12-26(35)16-9-5-7-11-18(16)31-23(33)14(3)27-25(26)31/h4-11,13-14,19-20,25,27,35H,12H2,1-3H3,(H,29,32)/t14-,19+,20+,25-,26+/m1/s1. The van der Waals surface area contributed by atoms with Crippen molar-refractivity contribution in [2.45, 2.75) is 57.1 Å². The summed E-state index contributed by atoms with van der Waals surface area (Å²) in [7, 11) is 0. The van der Waals surface area contributed by atoms with E-state index in [1.807, 2.05) is 26.0 Å². The first-order valence-corrected chi connectivity index (χ1v) is 11.9. The molecule has 4 heterocycles. The zero-order valence-electron chi connectivity index (χ0n) is 19.7. The van der Waals surface area contributed by atoms with Gasteiger partial charge in [0.2, 0.25) is 11.8 Å². The molecule has 0 radical (unpaired) electrons. The average molecular weight is 474 g/mol. The van der Waals surface area contributed by atoms with Crippen LogP contribution in [0.5, 0.6) is 0 Å². The number of nitrogens with one attached hydrogen (secondary N) is 2.